The molecule has 0 unspecified atom stereocenters. The van der Waals surface area contributed by atoms with Crippen molar-refractivity contribution in [2.75, 3.05) is 12.4 Å². The Balaban J connectivity index is 1.64. The van der Waals surface area contributed by atoms with Gasteiger partial charge in [0.15, 0.2) is 23.3 Å². The molecule has 0 bridgehead atoms. The van der Waals surface area contributed by atoms with Gasteiger partial charge in [0.2, 0.25) is 0 Å². The molecule has 3 aromatic rings. The second kappa shape index (κ2) is 6.96. The fourth-order valence-electron chi connectivity index (χ4n) is 2.69. The maximum Gasteiger partial charge on any atom is 0.252 e. The lowest BCUT2D eigenvalue weighted by atomic mass is 10.1. The zero-order valence-corrected chi connectivity index (χ0v) is 15.1. The van der Waals surface area contributed by atoms with Gasteiger partial charge in [0.1, 0.15) is 0 Å². The molecule has 1 amide bonds. The molecule has 4 rings (SSSR count). The molecule has 2 heterocycles. The van der Waals surface area contributed by atoms with Gasteiger partial charge in [-0.15, -0.1) is 0 Å². The van der Waals surface area contributed by atoms with Gasteiger partial charge in [-0.2, -0.15) is 5.10 Å². The summed E-state index contributed by atoms with van der Waals surface area (Å²) in [7, 11) is 1.52. The van der Waals surface area contributed by atoms with Crippen molar-refractivity contribution in [1.29, 1.82) is 0 Å². The smallest absolute Gasteiger partial charge is 0.252 e. The molecule has 1 aliphatic rings. The standard InChI is InChI=1S/C18H16ClFN6O/c1-21-18(27)11-6-10(4-5-12(11)19)16-22-8-13(20)17(24-16)23-15-7-14(25-26-15)9-2-3-9/h4-9H,2-3H2,1H3,(H,21,27)(H2,22,23,24,25,26). The Morgan fingerprint density at radius 2 is 2.15 bits per heavy atom. The van der Waals surface area contributed by atoms with E-state index in [1.807, 2.05) is 6.07 Å². The molecular weight excluding hydrogens is 371 g/mol. The average Bonchev–Trinajstić information content (AvgIpc) is 3.42. The van der Waals surface area contributed by atoms with Crippen LogP contribution in [0.5, 0.6) is 0 Å². The van der Waals surface area contributed by atoms with Crippen LogP contribution in [0.25, 0.3) is 11.4 Å². The van der Waals surface area contributed by atoms with E-state index in [1.54, 1.807) is 18.2 Å². The van der Waals surface area contributed by atoms with Crippen molar-refractivity contribution >= 4 is 29.1 Å². The van der Waals surface area contributed by atoms with Gasteiger partial charge >= 0.3 is 0 Å². The van der Waals surface area contributed by atoms with Crippen LogP contribution in [0.1, 0.15) is 34.8 Å². The molecule has 3 N–H and O–H groups in total. The number of H-pyrrole nitrogens is 1. The Kier molecular flexibility index (Phi) is 4.49. The third-order valence-electron chi connectivity index (χ3n) is 4.30. The number of hydrogen-bond donors (Lipinski definition) is 3. The molecule has 0 saturated heterocycles. The highest BCUT2D eigenvalue weighted by atomic mass is 35.5. The predicted molar refractivity (Wildman–Crippen MR) is 99.7 cm³/mol. The van der Waals surface area contributed by atoms with Crippen molar-refractivity contribution in [3.8, 4) is 11.4 Å². The van der Waals surface area contributed by atoms with Crippen LogP contribution in [-0.2, 0) is 0 Å². The Hall–Kier alpha value is -3.00. The monoisotopic (exact) mass is 386 g/mol. The number of nitrogens with zero attached hydrogens (tertiary/aromatic N) is 3. The fraction of sp³-hybridized carbons (Fsp3) is 0.222. The zero-order valence-electron chi connectivity index (χ0n) is 14.4. The van der Waals surface area contributed by atoms with Gasteiger partial charge < -0.3 is 10.6 Å². The third-order valence-corrected chi connectivity index (χ3v) is 4.63. The SMILES string of the molecule is CNC(=O)c1cc(-c2ncc(F)c(Nc3cc(C4CC4)[nH]n3)n2)ccc1Cl. The Labute approximate surface area is 159 Å². The first-order valence-corrected chi connectivity index (χ1v) is 8.80. The topological polar surface area (TPSA) is 95.6 Å². The molecule has 0 spiro atoms. The molecule has 1 fully saturated rings. The fourth-order valence-corrected chi connectivity index (χ4v) is 2.90. The number of carbonyl (C=O) groups is 1. The molecule has 0 aliphatic heterocycles. The lowest BCUT2D eigenvalue weighted by molar-refractivity contribution is 0.0963. The van der Waals surface area contributed by atoms with E-state index in [2.05, 4.69) is 30.8 Å². The summed E-state index contributed by atoms with van der Waals surface area (Å²) >= 11 is 6.07. The quantitative estimate of drug-likeness (QED) is 0.622. The predicted octanol–water partition coefficient (Wildman–Crippen LogP) is 3.64. The van der Waals surface area contributed by atoms with E-state index in [-0.39, 0.29) is 17.5 Å². The van der Waals surface area contributed by atoms with E-state index >= 15 is 0 Å². The van der Waals surface area contributed by atoms with Gasteiger partial charge in [0.05, 0.1) is 16.8 Å². The van der Waals surface area contributed by atoms with Crippen LogP contribution in [0.15, 0.2) is 30.5 Å². The summed E-state index contributed by atoms with van der Waals surface area (Å²) in [6.45, 7) is 0. The number of anilines is 2. The first kappa shape index (κ1) is 17.4. The maximum atomic E-state index is 14.2. The number of aromatic nitrogens is 4. The molecule has 1 aromatic carbocycles. The molecular formula is C18H16ClFN6O. The van der Waals surface area contributed by atoms with Gasteiger partial charge in [-0.25, -0.2) is 14.4 Å². The van der Waals surface area contributed by atoms with Gasteiger partial charge in [-0.3, -0.25) is 9.89 Å². The first-order chi connectivity index (χ1) is 13.0. The normalized spacial score (nSPS) is 13.4. The molecule has 138 valence electrons. The molecule has 0 atom stereocenters. The van der Waals surface area contributed by atoms with E-state index in [4.69, 9.17) is 11.6 Å². The number of rotatable bonds is 5. The number of carbonyl (C=O) groups excluding carboxylic acids is 1. The molecule has 7 nitrogen and oxygen atoms in total. The highest BCUT2D eigenvalue weighted by molar-refractivity contribution is 6.34. The highest BCUT2D eigenvalue weighted by Crippen LogP contribution is 2.39. The van der Waals surface area contributed by atoms with Crippen LogP contribution >= 0.6 is 11.6 Å². The maximum absolute atomic E-state index is 14.2. The lowest BCUT2D eigenvalue weighted by Gasteiger charge is -2.08. The average molecular weight is 387 g/mol. The molecule has 2 aromatic heterocycles. The summed E-state index contributed by atoms with van der Waals surface area (Å²) in [4.78, 5) is 20.2. The number of amides is 1. The number of aromatic amines is 1. The Bertz CT molecular complexity index is 1020. The number of nitrogens with one attached hydrogen (secondary N) is 3. The van der Waals surface area contributed by atoms with Crippen molar-refractivity contribution in [3.63, 3.8) is 0 Å². The Morgan fingerprint density at radius 1 is 1.33 bits per heavy atom. The summed E-state index contributed by atoms with van der Waals surface area (Å²) in [6, 6.07) is 6.67. The van der Waals surface area contributed by atoms with E-state index < -0.39 is 5.82 Å². The number of benzene rings is 1. The van der Waals surface area contributed by atoms with Crippen LogP contribution in [0.4, 0.5) is 16.0 Å². The van der Waals surface area contributed by atoms with Crippen molar-refractivity contribution < 1.29 is 9.18 Å². The number of hydrogen-bond acceptors (Lipinski definition) is 5. The Morgan fingerprint density at radius 3 is 2.89 bits per heavy atom. The summed E-state index contributed by atoms with van der Waals surface area (Å²) in [5.41, 5.74) is 1.86. The third kappa shape index (κ3) is 3.61. The van der Waals surface area contributed by atoms with Gasteiger partial charge in [-0.1, -0.05) is 11.6 Å². The molecule has 27 heavy (non-hydrogen) atoms. The van der Waals surface area contributed by atoms with E-state index in [0.29, 0.717) is 27.9 Å². The van der Waals surface area contributed by atoms with E-state index in [1.165, 1.54) is 7.05 Å². The first-order valence-electron chi connectivity index (χ1n) is 8.42. The van der Waals surface area contributed by atoms with Gasteiger partial charge in [0.25, 0.3) is 5.91 Å². The molecule has 0 radical (unpaired) electrons. The van der Waals surface area contributed by atoms with Crippen molar-refractivity contribution in [2.24, 2.45) is 0 Å². The van der Waals surface area contributed by atoms with E-state index in [9.17, 15) is 9.18 Å². The summed E-state index contributed by atoms with van der Waals surface area (Å²) in [6.07, 6.45) is 3.35. The lowest BCUT2D eigenvalue weighted by Crippen LogP contribution is -2.18. The summed E-state index contributed by atoms with van der Waals surface area (Å²) in [5.74, 6) is 0.337. The minimum absolute atomic E-state index is 0.00490. The van der Waals surface area contributed by atoms with E-state index in [0.717, 1.165) is 24.7 Å². The van der Waals surface area contributed by atoms with Crippen molar-refractivity contribution in [2.45, 2.75) is 18.8 Å². The molecule has 1 saturated carbocycles. The molecule has 9 heteroatoms. The van der Waals surface area contributed by atoms with Crippen LogP contribution in [-0.4, -0.2) is 33.1 Å². The minimum atomic E-state index is -0.602. The minimum Gasteiger partial charge on any atom is -0.355 e. The van der Waals surface area contributed by atoms with Crippen molar-refractivity contribution in [1.82, 2.24) is 25.5 Å². The largest absolute Gasteiger partial charge is 0.355 e. The van der Waals surface area contributed by atoms with Crippen LogP contribution < -0.4 is 10.6 Å². The molecule has 1 aliphatic carbocycles. The summed E-state index contributed by atoms with van der Waals surface area (Å²) < 4.78 is 14.2. The number of halogens is 2. The van der Waals surface area contributed by atoms with Crippen LogP contribution in [0.3, 0.4) is 0 Å². The second-order valence-corrected chi connectivity index (χ2v) is 6.68. The highest BCUT2D eigenvalue weighted by Gasteiger charge is 2.25. The van der Waals surface area contributed by atoms with Gasteiger partial charge in [-0.05, 0) is 31.0 Å². The second-order valence-electron chi connectivity index (χ2n) is 6.27. The van der Waals surface area contributed by atoms with Gasteiger partial charge in [0, 0.05) is 30.3 Å². The van der Waals surface area contributed by atoms with Crippen molar-refractivity contribution in [3.05, 3.63) is 52.6 Å². The zero-order chi connectivity index (χ0) is 19.0. The van der Waals surface area contributed by atoms with Crippen LogP contribution in [0.2, 0.25) is 5.02 Å². The van der Waals surface area contributed by atoms with Crippen LogP contribution in [0, 0.1) is 5.82 Å². The summed E-state index contributed by atoms with van der Waals surface area (Å²) in [5, 5.41) is 12.8.